The highest BCUT2D eigenvalue weighted by Gasteiger charge is 2.27. The number of hydrogen-bond acceptors (Lipinski definition) is 6. The molecule has 0 spiro atoms. The zero-order valence-electron chi connectivity index (χ0n) is 14.8. The lowest BCUT2D eigenvalue weighted by Crippen LogP contribution is -2.16. The second kappa shape index (κ2) is 9.14. The quantitative estimate of drug-likeness (QED) is 0.544. The molecule has 7 heteroatoms. The maximum atomic E-state index is 12.1. The molecule has 0 unspecified atom stereocenters. The second-order valence-electron chi connectivity index (χ2n) is 6.16. The summed E-state index contributed by atoms with van der Waals surface area (Å²) in [5, 5.41) is 10.8. The molecule has 0 saturated carbocycles. The van der Waals surface area contributed by atoms with Crippen molar-refractivity contribution in [3.63, 3.8) is 0 Å². The van der Waals surface area contributed by atoms with E-state index in [2.05, 4.69) is 0 Å². The Kier molecular flexibility index (Phi) is 7.17. The van der Waals surface area contributed by atoms with Gasteiger partial charge in [-0.2, -0.15) is 0 Å². The highest BCUT2D eigenvalue weighted by Crippen LogP contribution is 2.34. The van der Waals surface area contributed by atoms with E-state index in [1.807, 2.05) is 26.0 Å². The molecule has 0 bridgehead atoms. The first kappa shape index (κ1) is 20.4. The van der Waals surface area contributed by atoms with E-state index in [1.165, 1.54) is 24.9 Å². The third kappa shape index (κ3) is 5.29. The summed E-state index contributed by atoms with van der Waals surface area (Å²) in [7, 11) is 1.30. The fraction of sp³-hybridized carbons (Fsp3) is 0.368. The van der Waals surface area contributed by atoms with Gasteiger partial charge in [0.2, 0.25) is 11.2 Å². The molecule has 2 aromatic rings. The zero-order valence-corrected chi connectivity index (χ0v) is 16.4. The summed E-state index contributed by atoms with van der Waals surface area (Å²) >= 11 is 7.35. The summed E-state index contributed by atoms with van der Waals surface area (Å²) in [5.74, 6) is -0.381. The van der Waals surface area contributed by atoms with Gasteiger partial charge in [0.05, 0.1) is 19.3 Å². The number of carbonyl (C=O) groups is 1. The molecule has 26 heavy (non-hydrogen) atoms. The van der Waals surface area contributed by atoms with Crippen LogP contribution < -0.4 is 5.43 Å². The van der Waals surface area contributed by atoms with E-state index >= 15 is 0 Å². The van der Waals surface area contributed by atoms with Gasteiger partial charge in [-0.25, -0.2) is 0 Å². The third-order valence-corrected chi connectivity index (χ3v) is 5.24. The van der Waals surface area contributed by atoms with Gasteiger partial charge in [-0.3, -0.25) is 9.59 Å². The molecule has 0 aliphatic rings. The van der Waals surface area contributed by atoms with Crippen molar-refractivity contribution >= 4 is 29.3 Å². The smallest absolute Gasteiger partial charge is 0.306 e. The molecule has 140 valence electrons. The number of aromatic hydroxyl groups is 1. The number of esters is 1. The molecule has 0 aliphatic heterocycles. The number of rotatable bonds is 7. The summed E-state index contributed by atoms with van der Waals surface area (Å²) in [4.78, 5) is 24.8. The van der Waals surface area contributed by atoms with E-state index in [9.17, 15) is 14.7 Å². The Morgan fingerprint density at radius 1 is 1.31 bits per heavy atom. The normalized spacial score (nSPS) is 12.2. The predicted molar refractivity (Wildman–Crippen MR) is 102 cm³/mol. The number of carbonyl (C=O) groups excluding carboxylic acids is 1. The molecule has 1 atom stereocenters. The van der Waals surface area contributed by atoms with Crippen molar-refractivity contribution in [2.24, 2.45) is 5.92 Å². The lowest BCUT2D eigenvalue weighted by molar-refractivity contribution is -0.141. The molecule has 0 saturated heterocycles. The SMILES string of the molecule is COC(=O)C[C@@H](c1oc(CSc2ccc(Cl)cc2)cc(=O)c1O)C(C)C. The van der Waals surface area contributed by atoms with Crippen molar-refractivity contribution in [3.05, 3.63) is 57.1 Å². The lowest BCUT2D eigenvalue weighted by Gasteiger charge is -2.20. The van der Waals surface area contributed by atoms with Gasteiger partial charge in [-0.05, 0) is 30.2 Å². The van der Waals surface area contributed by atoms with Crippen LogP contribution in [-0.2, 0) is 15.3 Å². The number of ether oxygens (including phenoxy) is 1. The van der Waals surface area contributed by atoms with Crippen molar-refractivity contribution in [2.45, 2.75) is 36.8 Å². The maximum Gasteiger partial charge on any atom is 0.306 e. The van der Waals surface area contributed by atoms with E-state index < -0.39 is 23.1 Å². The van der Waals surface area contributed by atoms with Crippen LogP contribution in [0.5, 0.6) is 5.75 Å². The van der Waals surface area contributed by atoms with Gasteiger partial charge in [0.1, 0.15) is 5.76 Å². The monoisotopic (exact) mass is 396 g/mol. The molecule has 0 fully saturated rings. The van der Waals surface area contributed by atoms with Crippen LogP contribution >= 0.6 is 23.4 Å². The van der Waals surface area contributed by atoms with E-state index in [-0.39, 0.29) is 18.1 Å². The fourth-order valence-electron chi connectivity index (χ4n) is 2.46. The van der Waals surface area contributed by atoms with Gasteiger partial charge in [0, 0.05) is 21.9 Å². The van der Waals surface area contributed by atoms with Gasteiger partial charge in [0.15, 0.2) is 5.76 Å². The molecular weight excluding hydrogens is 376 g/mol. The largest absolute Gasteiger partial charge is 0.502 e. The minimum atomic E-state index is -0.520. The number of benzene rings is 1. The number of thioether (sulfide) groups is 1. The molecular formula is C19H21ClO5S. The number of hydrogen-bond donors (Lipinski definition) is 1. The van der Waals surface area contributed by atoms with Crippen LogP contribution in [0.2, 0.25) is 5.02 Å². The average Bonchev–Trinajstić information content (AvgIpc) is 2.61. The highest BCUT2D eigenvalue weighted by molar-refractivity contribution is 7.98. The van der Waals surface area contributed by atoms with Crippen LogP contribution in [0, 0.1) is 5.92 Å². The summed E-state index contributed by atoms with van der Waals surface area (Å²) in [5.41, 5.74) is -0.520. The molecule has 0 radical (unpaired) electrons. The van der Waals surface area contributed by atoms with Crippen molar-refractivity contribution in [1.29, 1.82) is 0 Å². The first-order chi connectivity index (χ1) is 12.3. The number of halogens is 1. The van der Waals surface area contributed by atoms with Gasteiger partial charge in [0.25, 0.3) is 0 Å². The standard InChI is InChI=1S/C19H21ClO5S/c1-11(2)15(9-17(22)24-3)19-18(23)16(21)8-13(25-19)10-26-14-6-4-12(20)5-7-14/h4-8,11,15,23H,9-10H2,1-3H3/t15-/m1/s1. The predicted octanol–water partition coefficient (Wildman–Crippen LogP) is 4.59. The Morgan fingerprint density at radius 2 is 1.96 bits per heavy atom. The number of methoxy groups -OCH3 is 1. The Labute approximate surface area is 161 Å². The van der Waals surface area contributed by atoms with E-state index in [0.29, 0.717) is 16.5 Å². The van der Waals surface area contributed by atoms with Crippen LogP contribution in [0.3, 0.4) is 0 Å². The molecule has 0 amide bonds. The Balaban J connectivity index is 2.27. The first-order valence-electron chi connectivity index (χ1n) is 8.13. The lowest BCUT2D eigenvalue weighted by atomic mass is 9.89. The Bertz CT molecular complexity index is 814. The highest BCUT2D eigenvalue weighted by atomic mass is 35.5. The summed E-state index contributed by atoms with van der Waals surface area (Å²) < 4.78 is 10.5. The minimum Gasteiger partial charge on any atom is -0.502 e. The molecule has 5 nitrogen and oxygen atoms in total. The van der Waals surface area contributed by atoms with Crippen molar-refractivity contribution in [3.8, 4) is 5.75 Å². The van der Waals surface area contributed by atoms with Gasteiger partial charge in [-0.15, -0.1) is 11.8 Å². The van der Waals surface area contributed by atoms with Gasteiger partial charge < -0.3 is 14.3 Å². The molecule has 1 N–H and O–H groups in total. The van der Waals surface area contributed by atoms with Crippen LogP contribution in [0.25, 0.3) is 0 Å². The molecule has 0 aliphatic carbocycles. The average molecular weight is 397 g/mol. The van der Waals surface area contributed by atoms with Crippen molar-refractivity contribution in [2.75, 3.05) is 7.11 Å². The summed E-state index contributed by atoms with van der Waals surface area (Å²) in [6.07, 6.45) is 0.0262. The van der Waals surface area contributed by atoms with Crippen LogP contribution in [-0.4, -0.2) is 18.2 Å². The fourth-order valence-corrected chi connectivity index (χ4v) is 3.36. The van der Waals surface area contributed by atoms with E-state index in [0.717, 1.165) is 4.90 Å². The zero-order chi connectivity index (χ0) is 19.3. The molecule has 1 heterocycles. The first-order valence-corrected chi connectivity index (χ1v) is 9.49. The third-order valence-electron chi connectivity index (χ3n) is 3.95. The van der Waals surface area contributed by atoms with Crippen molar-refractivity contribution < 1.29 is 19.1 Å². The Morgan fingerprint density at radius 3 is 2.54 bits per heavy atom. The minimum absolute atomic E-state index is 0.0256. The topological polar surface area (TPSA) is 76.7 Å². The van der Waals surface area contributed by atoms with Crippen molar-refractivity contribution in [1.82, 2.24) is 0 Å². The van der Waals surface area contributed by atoms with E-state index in [4.69, 9.17) is 20.8 Å². The summed E-state index contributed by atoms with van der Waals surface area (Å²) in [6.45, 7) is 3.78. The van der Waals surface area contributed by atoms with Crippen LogP contribution in [0.15, 0.2) is 44.4 Å². The summed E-state index contributed by atoms with van der Waals surface area (Å²) in [6, 6.07) is 8.60. The maximum absolute atomic E-state index is 12.1. The van der Waals surface area contributed by atoms with Crippen LogP contribution in [0.4, 0.5) is 0 Å². The van der Waals surface area contributed by atoms with Crippen LogP contribution in [0.1, 0.15) is 37.7 Å². The van der Waals surface area contributed by atoms with Gasteiger partial charge in [-0.1, -0.05) is 25.4 Å². The molecule has 1 aromatic carbocycles. The Hall–Kier alpha value is -1.92. The molecule has 2 rings (SSSR count). The van der Waals surface area contributed by atoms with E-state index in [1.54, 1.807) is 12.1 Å². The second-order valence-corrected chi connectivity index (χ2v) is 7.65. The molecule has 1 aromatic heterocycles. The van der Waals surface area contributed by atoms with Gasteiger partial charge >= 0.3 is 5.97 Å².